The molecule has 0 saturated carbocycles. The third kappa shape index (κ3) is 3.20. The summed E-state index contributed by atoms with van der Waals surface area (Å²) >= 11 is 2.30. The monoisotopic (exact) mass is 349 g/mol. The van der Waals surface area contributed by atoms with E-state index in [1.165, 1.54) is 0 Å². The summed E-state index contributed by atoms with van der Waals surface area (Å²) in [6.45, 7) is 8.03. The molecule has 0 saturated heterocycles. The van der Waals surface area contributed by atoms with Gasteiger partial charge in [0.05, 0.1) is 11.3 Å². The Morgan fingerprint density at radius 2 is 2.06 bits per heavy atom. The van der Waals surface area contributed by atoms with Crippen LogP contribution in [0.25, 0.3) is 0 Å². The largest absolute Gasteiger partial charge is 0.348 e. The molecule has 0 aliphatic heterocycles. The highest BCUT2D eigenvalue weighted by Crippen LogP contribution is 2.13. The fourth-order valence-electron chi connectivity index (χ4n) is 1.73. The number of hydrogen-bond donors (Lipinski definition) is 1. The Labute approximate surface area is 116 Å². The lowest BCUT2D eigenvalue weighted by Gasteiger charge is -2.20. The van der Waals surface area contributed by atoms with Gasteiger partial charge in [-0.3, -0.25) is 9.48 Å². The summed E-state index contributed by atoms with van der Waals surface area (Å²) in [6, 6.07) is 0.210. The van der Waals surface area contributed by atoms with E-state index >= 15 is 0 Å². The van der Waals surface area contributed by atoms with Crippen molar-refractivity contribution in [3.63, 3.8) is 0 Å². The van der Waals surface area contributed by atoms with Gasteiger partial charge in [-0.2, -0.15) is 5.10 Å². The van der Waals surface area contributed by atoms with E-state index in [0.717, 1.165) is 15.8 Å². The summed E-state index contributed by atoms with van der Waals surface area (Å²) in [5.74, 6) is 0.427. The quantitative estimate of drug-likeness (QED) is 0.669. The first-order valence-electron chi connectivity index (χ1n) is 5.75. The predicted molar refractivity (Wildman–Crippen MR) is 77.7 cm³/mol. The Morgan fingerprint density at radius 3 is 2.41 bits per heavy atom. The third-order valence-corrected chi connectivity index (χ3v) is 3.97. The Hall–Kier alpha value is -0.590. The predicted octanol–water partition coefficient (Wildman–Crippen LogP) is 2.23. The summed E-state index contributed by atoms with van der Waals surface area (Å²) in [5.41, 5.74) is 2.41. The van der Waals surface area contributed by atoms with E-state index < -0.39 is 0 Å². The van der Waals surface area contributed by atoms with Gasteiger partial charge in [0.25, 0.3) is 5.91 Å². The van der Waals surface area contributed by atoms with Crippen molar-refractivity contribution in [2.24, 2.45) is 13.0 Å². The second-order valence-electron chi connectivity index (χ2n) is 4.65. The number of carbonyl (C=O) groups is 1. The maximum absolute atomic E-state index is 12.2. The summed E-state index contributed by atoms with van der Waals surface area (Å²) in [4.78, 5) is 12.2. The molecule has 1 amide bonds. The molecule has 96 valence electrons. The molecule has 0 spiro atoms. The van der Waals surface area contributed by atoms with Crippen LogP contribution in [0, 0.1) is 19.8 Å². The van der Waals surface area contributed by atoms with Crippen LogP contribution in [0.5, 0.6) is 0 Å². The van der Waals surface area contributed by atoms with Gasteiger partial charge in [-0.15, -0.1) is 0 Å². The molecule has 0 bridgehead atoms. The van der Waals surface area contributed by atoms with Crippen molar-refractivity contribution in [3.05, 3.63) is 17.0 Å². The molecule has 4 nitrogen and oxygen atoms in total. The molecule has 0 aromatic carbocycles. The number of alkyl halides is 1. The Morgan fingerprint density at radius 1 is 1.47 bits per heavy atom. The maximum Gasteiger partial charge on any atom is 0.255 e. The van der Waals surface area contributed by atoms with Crippen molar-refractivity contribution in [2.45, 2.75) is 33.7 Å². The Bertz CT molecular complexity index is 412. The number of aromatic nitrogens is 2. The van der Waals surface area contributed by atoms with Gasteiger partial charge in [0, 0.05) is 23.2 Å². The minimum atomic E-state index is -0.0107. The van der Waals surface area contributed by atoms with E-state index in [1.807, 2.05) is 20.9 Å². The van der Waals surface area contributed by atoms with Gasteiger partial charge in [-0.05, 0) is 19.8 Å². The van der Waals surface area contributed by atoms with Crippen LogP contribution in [0.15, 0.2) is 0 Å². The number of amides is 1. The zero-order valence-electron chi connectivity index (χ0n) is 11.0. The van der Waals surface area contributed by atoms with E-state index in [1.54, 1.807) is 4.68 Å². The highest BCUT2D eigenvalue weighted by atomic mass is 127. The van der Waals surface area contributed by atoms with Gasteiger partial charge in [0.15, 0.2) is 0 Å². The van der Waals surface area contributed by atoms with Crippen molar-refractivity contribution >= 4 is 28.5 Å². The number of nitrogens with zero attached hydrogens (tertiary/aromatic N) is 2. The first kappa shape index (κ1) is 14.5. The van der Waals surface area contributed by atoms with Crippen molar-refractivity contribution in [1.29, 1.82) is 0 Å². The zero-order valence-corrected chi connectivity index (χ0v) is 13.2. The van der Waals surface area contributed by atoms with E-state index in [0.29, 0.717) is 11.5 Å². The summed E-state index contributed by atoms with van der Waals surface area (Å²) in [5, 5.41) is 7.34. The number of rotatable bonds is 4. The highest BCUT2D eigenvalue weighted by molar-refractivity contribution is 14.1. The number of halogens is 1. The molecular weight excluding hydrogens is 329 g/mol. The summed E-state index contributed by atoms with van der Waals surface area (Å²) < 4.78 is 2.66. The molecule has 1 aromatic heterocycles. The van der Waals surface area contributed by atoms with Crippen LogP contribution in [-0.2, 0) is 7.05 Å². The maximum atomic E-state index is 12.2. The van der Waals surface area contributed by atoms with Crippen molar-refractivity contribution in [1.82, 2.24) is 15.1 Å². The second-order valence-corrected chi connectivity index (χ2v) is 5.53. The van der Waals surface area contributed by atoms with Crippen LogP contribution in [0.3, 0.4) is 0 Å². The summed E-state index contributed by atoms with van der Waals surface area (Å²) in [7, 11) is 1.86. The average molecular weight is 349 g/mol. The van der Waals surface area contributed by atoms with E-state index in [9.17, 15) is 4.79 Å². The molecule has 0 radical (unpaired) electrons. The van der Waals surface area contributed by atoms with Crippen molar-refractivity contribution < 1.29 is 4.79 Å². The topological polar surface area (TPSA) is 46.9 Å². The lowest BCUT2D eigenvalue weighted by Crippen LogP contribution is -2.40. The minimum absolute atomic E-state index is 0.0107. The minimum Gasteiger partial charge on any atom is -0.348 e. The van der Waals surface area contributed by atoms with Gasteiger partial charge >= 0.3 is 0 Å². The van der Waals surface area contributed by atoms with Gasteiger partial charge < -0.3 is 5.32 Å². The van der Waals surface area contributed by atoms with Crippen LogP contribution in [-0.4, -0.2) is 26.2 Å². The smallest absolute Gasteiger partial charge is 0.255 e. The molecule has 1 aromatic rings. The molecule has 0 fully saturated rings. The SMILES string of the molecule is Cc1nn(C)c(C)c1C(=O)NC(CI)C(C)C. The second kappa shape index (κ2) is 5.84. The van der Waals surface area contributed by atoms with Crippen LogP contribution in [0.4, 0.5) is 0 Å². The zero-order chi connectivity index (χ0) is 13.2. The first-order chi connectivity index (χ1) is 7.88. The number of aryl methyl sites for hydroxylation is 2. The van der Waals surface area contributed by atoms with Gasteiger partial charge in [0.2, 0.25) is 0 Å². The Balaban J connectivity index is 2.90. The van der Waals surface area contributed by atoms with E-state index in [2.05, 4.69) is 46.9 Å². The molecule has 0 aliphatic rings. The first-order valence-corrected chi connectivity index (χ1v) is 7.28. The molecule has 5 heteroatoms. The normalized spacial score (nSPS) is 12.9. The Kier molecular flexibility index (Phi) is 4.97. The van der Waals surface area contributed by atoms with Crippen LogP contribution in [0.1, 0.15) is 35.6 Å². The van der Waals surface area contributed by atoms with E-state index in [4.69, 9.17) is 0 Å². The lowest BCUT2D eigenvalue weighted by atomic mass is 10.1. The lowest BCUT2D eigenvalue weighted by molar-refractivity contribution is 0.0931. The molecule has 1 unspecified atom stereocenters. The third-order valence-electron chi connectivity index (χ3n) is 3.02. The number of carbonyl (C=O) groups excluding carboxylic acids is 1. The molecule has 1 atom stereocenters. The van der Waals surface area contributed by atoms with Gasteiger partial charge in [-0.1, -0.05) is 36.4 Å². The molecule has 17 heavy (non-hydrogen) atoms. The van der Waals surface area contributed by atoms with Crippen molar-refractivity contribution in [3.8, 4) is 0 Å². The fraction of sp³-hybridized carbons (Fsp3) is 0.667. The van der Waals surface area contributed by atoms with Gasteiger partial charge in [0.1, 0.15) is 0 Å². The number of hydrogen-bond acceptors (Lipinski definition) is 2. The molecule has 1 N–H and O–H groups in total. The molecular formula is C12H20IN3O. The molecule has 1 rings (SSSR count). The van der Waals surface area contributed by atoms with Crippen LogP contribution < -0.4 is 5.32 Å². The standard InChI is InChI=1S/C12H20IN3O/c1-7(2)10(6-13)14-12(17)11-8(3)15-16(5)9(11)4/h7,10H,6H2,1-5H3,(H,14,17). The number of nitrogens with one attached hydrogen (secondary N) is 1. The van der Waals surface area contributed by atoms with E-state index in [-0.39, 0.29) is 11.9 Å². The molecule has 1 heterocycles. The molecule has 0 aliphatic carbocycles. The van der Waals surface area contributed by atoms with Crippen LogP contribution in [0.2, 0.25) is 0 Å². The van der Waals surface area contributed by atoms with Gasteiger partial charge in [-0.25, -0.2) is 0 Å². The average Bonchev–Trinajstić information content (AvgIpc) is 2.49. The summed E-state index contributed by atoms with van der Waals surface area (Å²) in [6.07, 6.45) is 0. The highest BCUT2D eigenvalue weighted by Gasteiger charge is 2.21. The fourth-order valence-corrected chi connectivity index (χ4v) is 2.96. The van der Waals surface area contributed by atoms with Crippen LogP contribution >= 0.6 is 22.6 Å². The van der Waals surface area contributed by atoms with Crippen molar-refractivity contribution in [2.75, 3.05) is 4.43 Å².